The minimum atomic E-state index is 1.11. The Balaban J connectivity index is 2.24. The molecule has 0 atom stereocenters. The second-order valence-electron chi connectivity index (χ2n) is 2.51. The number of hydrogen-bond acceptors (Lipinski definition) is 1. The van der Waals surface area contributed by atoms with Crippen molar-refractivity contribution in [1.29, 1.82) is 0 Å². The van der Waals surface area contributed by atoms with Gasteiger partial charge < -0.3 is 0 Å². The quantitative estimate of drug-likeness (QED) is 0.447. The monoisotopic (exact) mass is 123 g/mol. The van der Waals surface area contributed by atoms with Gasteiger partial charge in [0, 0.05) is 12.5 Å². The molecule has 48 valence electrons. The molecule has 2 heteroatoms. The van der Waals surface area contributed by atoms with E-state index in [-0.39, 0.29) is 0 Å². The molecule has 0 aromatic heterocycles. The second-order valence-corrected chi connectivity index (χ2v) is 2.51. The minimum Gasteiger partial charge on any atom is -0.275 e. The fraction of sp³-hybridized carbons (Fsp3) is 0.571. The van der Waals surface area contributed by atoms with E-state index in [1.807, 2.05) is 0 Å². The Morgan fingerprint density at radius 3 is 3.44 bits per heavy atom. The van der Waals surface area contributed by atoms with E-state index in [0.717, 1.165) is 13.1 Å². The summed E-state index contributed by atoms with van der Waals surface area (Å²) < 4.78 is 2.36. The Morgan fingerprint density at radius 1 is 1.56 bits per heavy atom. The van der Waals surface area contributed by atoms with Crippen molar-refractivity contribution >= 4 is 5.84 Å². The van der Waals surface area contributed by atoms with Crippen LogP contribution in [0.15, 0.2) is 12.2 Å². The molecule has 9 heavy (non-hydrogen) atoms. The molecule has 2 heterocycles. The van der Waals surface area contributed by atoms with Crippen LogP contribution in [0.2, 0.25) is 0 Å². The molecule has 2 rings (SSSR count). The average Bonchev–Trinajstić information content (AvgIpc) is 2.33. The molecule has 0 saturated heterocycles. The number of nitrogens with one attached hydrogen (secondary N) is 1. The molecule has 2 aliphatic heterocycles. The van der Waals surface area contributed by atoms with E-state index < -0.39 is 0 Å². The number of nitrogens with zero attached hydrogens (tertiary/aromatic N) is 1. The highest BCUT2D eigenvalue weighted by atomic mass is 15.1. The van der Waals surface area contributed by atoms with Gasteiger partial charge in [0.15, 0.2) is 0 Å². The number of rotatable bonds is 0. The molecule has 0 spiro atoms. The highest BCUT2D eigenvalue weighted by molar-refractivity contribution is 5.89. The van der Waals surface area contributed by atoms with Crippen LogP contribution >= 0.6 is 0 Å². The fourth-order valence-electron chi connectivity index (χ4n) is 1.36. The molecule has 0 radical (unpaired) electrons. The van der Waals surface area contributed by atoms with Crippen molar-refractivity contribution in [3.8, 4) is 0 Å². The summed E-state index contributed by atoms with van der Waals surface area (Å²) in [6.07, 6.45) is 5.65. The lowest BCUT2D eigenvalue weighted by atomic mass is 10.3. The molecule has 0 aromatic carbocycles. The van der Waals surface area contributed by atoms with E-state index in [9.17, 15) is 0 Å². The standard InChI is InChI=1S/C7H10N2/c1-3-7-8-4-2-6-9(7)5-1/h1,3H,2,4-6H2/p+1. The molecule has 2 nitrogen and oxygen atoms in total. The first-order valence-electron chi connectivity index (χ1n) is 3.49. The molecule has 1 N–H and O–H groups in total. The smallest absolute Gasteiger partial charge is 0.269 e. The maximum atomic E-state index is 3.34. The zero-order valence-corrected chi connectivity index (χ0v) is 5.43. The molecular weight excluding hydrogens is 112 g/mol. The van der Waals surface area contributed by atoms with Crippen LogP contribution in [0.25, 0.3) is 0 Å². The predicted molar refractivity (Wildman–Crippen MR) is 36.8 cm³/mol. The summed E-state index contributed by atoms with van der Waals surface area (Å²) in [7, 11) is 0. The van der Waals surface area contributed by atoms with Gasteiger partial charge in [-0.05, 0) is 6.08 Å². The van der Waals surface area contributed by atoms with Crippen molar-refractivity contribution in [1.82, 2.24) is 5.32 Å². The third-order valence-electron chi connectivity index (χ3n) is 1.85. The predicted octanol–water partition coefficient (Wildman–Crippen LogP) is -0.0395. The van der Waals surface area contributed by atoms with E-state index >= 15 is 0 Å². The van der Waals surface area contributed by atoms with Crippen LogP contribution in [-0.4, -0.2) is 30.0 Å². The van der Waals surface area contributed by atoms with Gasteiger partial charge >= 0.3 is 0 Å². The lowest BCUT2D eigenvalue weighted by molar-refractivity contribution is -0.519. The first kappa shape index (κ1) is 5.03. The Bertz CT molecular complexity index is 179. The van der Waals surface area contributed by atoms with Crippen LogP contribution < -0.4 is 5.32 Å². The molecular formula is C7H11N2+. The van der Waals surface area contributed by atoms with Crippen LogP contribution in [0.4, 0.5) is 0 Å². The Kier molecular flexibility index (Phi) is 1.04. The summed E-state index contributed by atoms with van der Waals surface area (Å²) in [5, 5.41) is 3.34. The van der Waals surface area contributed by atoms with Crippen LogP contribution in [0.1, 0.15) is 6.42 Å². The SMILES string of the molecule is C1=CC2=[N+](C1)CCCN2. The van der Waals surface area contributed by atoms with Crippen LogP contribution in [0.5, 0.6) is 0 Å². The number of amidine groups is 1. The van der Waals surface area contributed by atoms with Gasteiger partial charge in [0.2, 0.25) is 0 Å². The lowest BCUT2D eigenvalue weighted by Crippen LogP contribution is -2.36. The van der Waals surface area contributed by atoms with Crippen molar-refractivity contribution < 1.29 is 4.58 Å². The minimum absolute atomic E-state index is 1.11. The normalized spacial score (nSPS) is 24.0. The summed E-state index contributed by atoms with van der Waals surface area (Å²) in [6, 6.07) is 0. The maximum Gasteiger partial charge on any atom is 0.269 e. The van der Waals surface area contributed by atoms with Crippen LogP contribution in [0, 0.1) is 0 Å². The fourth-order valence-corrected chi connectivity index (χ4v) is 1.36. The van der Waals surface area contributed by atoms with E-state index in [0.29, 0.717) is 0 Å². The Morgan fingerprint density at radius 2 is 2.56 bits per heavy atom. The van der Waals surface area contributed by atoms with Gasteiger partial charge in [-0.15, -0.1) is 0 Å². The molecule has 0 bridgehead atoms. The zero-order valence-electron chi connectivity index (χ0n) is 5.43. The zero-order chi connectivity index (χ0) is 6.10. The molecule has 0 aliphatic carbocycles. The molecule has 0 unspecified atom stereocenters. The summed E-state index contributed by atoms with van der Waals surface area (Å²) in [6.45, 7) is 3.49. The maximum absolute atomic E-state index is 3.34. The summed E-state index contributed by atoms with van der Waals surface area (Å²) in [5.41, 5.74) is 0. The highest BCUT2D eigenvalue weighted by Gasteiger charge is 2.17. The number of hydrogen-bond donors (Lipinski definition) is 1. The molecule has 2 aliphatic rings. The van der Waals surface area contributed by atoms with Crippen molar-refractivity contribution in [2.24, 2.45) is 0 Å². The topological polar surface area (TPSA) is 15.0 Å². The van der Waals surface area contributed by atoms with Gasteiger partial charge in [0.1, 0.15) is 6.54 Å². The van der Waals surface area contributed by atoms with Gasteiger partial charge in [-0.2, -0.15) is 0 Å². The Hall–Kier alpha value is -0.790. The van der Waals surface area contributed by atoms with Crippen molar-refractivity contribution in [3.63, 3.8) is 0 Å². The van der Waals surface area contributed by atoms with E-state index in [2.05, 4.69) is 22.0 Å². The van der Waals surface area contributed by atoms with Crippen molar-refractivity contribution in [3.05, 3.63) is 12.2 Å². The summed E-state index contributed by atoms with van der Waals surface area (Å²) >= 11 is 0. The van der Waals surface area contributed by atoms with Crippen molar-refractivity contribution in [2.45, 2.75) is 6.42 Å². The van der Waals surface area contributed by atoms with Gasteiger partial charge in [0.25, 0.3) is 5.84 Å². The van der Waals surface area contributed by atoms with E-state index in [4.69, 9.17) is 0 Å². The average molecular weight is 123 g/mol. The van der Waals surface area contributed by atoms with Gasteiger partial charge in [-0.1, -0.05) is 0 Å². The first-order valence-corrected chi connectivity index (χ1v) is 3.49. The first-order chi connectivity index (χ1) is 4.47. The highest BCUT2D eigenvalue weighted by Crippen LogP contribution is 1.98. The third kappa shape index (κ3) is 0.745. The molecule has 0 fully saturated rings. The third-order valence-corrected chi connectivity index (χ3v) is 1.85. The lowest BCUT2D eigenvalue weighted by Gasteiger charge is -2.09. The summed E-state index contributed by atoms with van der Waals surface area (Å²) in [4.78, 5) is 0. The van der Waals surface area contributed by atoms with Crippen LogP contribution in [0.3, 0.4) is 0 Å². The summed E-state index contributed by atoms with van der Waals surface area (Å²) in [5.74, 6) is 1.32. The molecule has 0 aromatic rings. The molecule has 0 amide bonds. The second kappa shape index (κ2) is 1.87. The van der Waals surface area contributed by atoms with Gasteiger partial charge in [-0.3, -0.25) is 9.89 Å². The Labute approximate surface area is 54.9 Å². The largest absolute Gasteiger partial charge is 0.275 e. The van der Waals surface area contributed by atoms with E-state index in [1.165, 1.54) is 18.8 Å². The van der Waals surface area contributed by atoms with Crippen LogP contribution in [-0.2, 0) is 0 Å². The molecule has 0 saturated carbocycles. The van der Waals surface area contributed by atoms with Gasteiger partial charge in [-0.25, -0.2) is 0 Å². The van der Waals surface area contributed by atoms with E-state index in [1.54, 1.807) is 0 Å². The van der Waals surface area contributed by atoms with Crippen molar-refractivity contribution in [2.75, 3.05) is 19.6 Å². The van der Waals surface area contributed by atoms with Gasteiger partial charge in [0.05, 0.1) is 13.1 Å².